The summed E-state index contributed by atoms with van der Waals surface area (Å²) in [6, 6.07) is 16.4. The van der Waals surface area contributed by atoms with E-state index in [0.717, 1.165) is 17.0 Å². The molecule has 0 aliphatic heterocycles. The smallest absolute Gasteiger partial charge is 0.139 e. The molecular weight excluding hydrogens is 309 g/mol. The fourth-order valence-electron chi connectivity index (χ4n) is 2.69. The summed E-state index contributed by atoms with van der Waals surface area (Å²) < 4.78 is 15.0. The lowest BCUT2D eigenvalue weighted by molar-refractivity contribution is -0.305. The Morgan fingerprint density at radius 2 is 1.75 bits per heavy atom. The highest BCUT2D eigenvalue weighted by Crippen LogP contribution is 2.31. The number of phenolic OH excluding ortho intramolecular Hbond substituents is 1. The molecule has 0 fully saturated rings. The molecule has 0 saturated heterocycles. The number of carboxylic acid groups (broad SMARTS) is 1. The van der Waals surface area contributed by atoms with E-state index in [0.29, 0.717) is 5.69 Å². The molecule has 0 bridgehead atoms. The molecule has 0 aliphatic rings. The summed E-state index contributed by atoms with van der Waals surface area (Å²) in [7, 11) is 0. The minimum absolute atomic E-state index is 0.0757. The zero-order chi connectivity index (χ0) is 17.1. The van der Waals surface area contributed by atoms with Gasteiger partial charge in [-0.3, -0.25) is 0 Å². The highest BCUT2D eigenvalue weighted by atomic mass is 19.1. The number of carbonyl (C=O) groups excluding carboxylic acids is 1. The number of aromatic hydroxyl groups is 1. The molecule has 24 heavy (non-hydrogen) atoms. The number of benzene rings is 2. The summed E-state index contributed by atoms with van der Waals surface area (Å²) in [6.07, 6.45) is 0.137. The van der Waals surface area contributed by atoms with Crippen LogP contribution < -0.4 is 5.11 Å². The van der Waals surface area contributed by atoms with Gasteiger partial charge in [0.25, 0.3) is 0 Å². The Morgan fingerprint density at radius 1 is 1.04 bits per heavy atom. The van der Waals surface area contributed by atoms with Crippen molar-refractivity contribution in [3.63, 3.8) is 0 Å². The lowest BCUT2D eigenvalue weighted by Gasteiger charge is -2.15. The van der Waals surface area contributed by atoms with Crippen molar-refractivity contribution in [1.29, 1.82) is 0 Å². The first-order valence-electron chi connectivity index (χ1n) is 7.51. The van der Waals surface area contributed by atoms with Gasteiger partial charge in [0.1, 0.15) is 11.6 Å². The first-order chi connectivity index (χ1) is 11.6. The number of rotatable bonds is 5. The molecule has 4 nitrogen and oxygen atoms in total. The van der Waals surface area contributed by atoms with Crippen molar-refractivity contribution in [3.05, 3.63) is 72.2 Å². The highest BCUT2D eigenvalue weighted by molar-refractivity contribution is 5.67. The van der Waals surface area contributed by atoms with Crippen LogP contribution in [0.1, 0.15) is 12.1 Å². The number of aryl methyl sites for hydroxylation is 1. The Bertz CT molecular complexity index is 869. The third-order valence-corrected chi connectivity index (χ3v) is 3.81. The molecule has 122 valence electrons. The van der Waals surface area contributed by atoms with E-state index in [1.807, 2.05) is 6.07 Å². The van der Waals surface area contributed by atoms with Crippen molar-refractivity contribution >= 4 is 5.97 Å². The van der Waals surface area contributed by atoms with Crippen molar-refractivity contribution in [2.45, 2.75) is 12.8 Å². The van der Waals surface area contributed by atoms with E-state index in [1.54, 1.807) is 47.0 Å². The summed E-state index contributed by atoms with van der Waals surface area (Å²) in [6.45, 7) is 0. The zero-order valence-corrected chi connectivity index (χ0v) is 12.8. The van der Waals surface area contributed by atoms with Crippen LogP contribution in [0, 0.1) is 5.82 Å². The van der Waals surface area contributed by atoms with Gasteiger partial charge in [0, 0.05) is 11.7 Å². The van der Waals surface area contributed by atoms with Gasteiger partial charge in [-0.15, -0.1) is 0 Å². The molecule has 0 amide bonds. The maximum absolute atomic E-state index is 13.2. The third-order valence-electron chi connectivity index (χ3n) is 3.81. The predicted molar refractivity (Wildman–Crippen MR) is 86.2 cm³/mol. The number of nitrogens with zero attached hydrogens (tertiary/aromatic N) is 1. The molecule has 0 spiro atoms. The number of hydrogen-bond donors (Lipinski definition) is 1. The van der Waals surface area contributed by atoms with Crippen LogP contribution in [0.3, 0.4) is 0 Å². The van der Waals surface area contributed by atoms with E-state index in [9.17, 15) is 19.4 Å². The lowest BCUT2D eigenvalue weighted by atomic mass is 10.1. The first kappa shape index (κ1) is 15.8. The number of phenols is 1. The first-order valence-corrected chi connectivity index (χ1v) is 7.51. The van der Waals surface area contributed by atoms with Gasteiger partial charge in [-0.05, 0) is 66.9 Å². The second-order valence-electron chi connectivity index (χ2n) is 5.41. The number of para-hydroxylation sites is 2. The van der Waals surface area contributed by atoms with Crippen LogP contribution in [-0.4, -0.2) is 15.6 Å². The van der Waals surface area contributed by atoms with Gasteiger partial charge in [0.15, 0.2) is 0 Å². The summed E-state index contributed by atoms with van der Waals surface area (Å²) >= 11 is 0. The second-order valence-corrected chi connectivity index (χ2v) is 5.41. The van der Waals surface area contributed by atoms with Gasteiger partial charge >= 0.3 is 0 Å². The fraction of sp³-hybridized carbons (Fsp3) is 0.105. The monoisotopic (exact) mass is 324 g/mol. The van der Waals surface area contributed by atoms with Gasteiger partial charge in [0.05, 0.1) is 11.4 Å². The second kappa shape index (κ2) is 6.58. The zero-order valence-electron chi connectivity index (χ0n) is 12.8. The van der Waals surface area contributed by atoms with Crippen LogP contribution in [-0.2, 0) is 11.2 Å². The molecule has 5 heteroatoms. The molecular formula is C19H15FNO3-. The highest BCUT2D eigenvalue weighted by Gasteiger charge is 2.14. The number of carboxylic acids is 1. The van der Waals surface area contributed by atoms with Gasteiger partial charge in [-0.1, -0.05) is 12.1 Å². The van der Waals surface area contributed by atoms with Crippen LogP contribution in [0.25, 0.3) is 16.9 Å². The summed E-state index contributed by atoms with van der Waals surface area (Å²) in [5, 5.41) is 21.0. The number of aromatic nitrogens is 1. The normalized spacial score (nSPS) is 10.7. The van der Waals surface area contributed by atoms with Gasteiger partial charge in [0.2, 0.25) is 0 Å². The van der Waals surface area contributed by atoms with Crippen molar-refractivity contribution in [2.24, 2.45) is 0 Å². The van der Waals surface area contributed by atoms with Crippen molar-refractivity contribution in [3.8, 4) is 22.7 Å². The average molecular weight is 324 g/mol. The standard InChI is InChI=1S/C19H16FNO3/c20-14-7-5-13(6-8-14)16-11-9-15(10-12-19(23)24)21(16)17-3-1-2-4-18(17)22/h1-9,11,22H,10,12H2,(H,23,24)/p-1. The van der Waals surface area contributed by atoms with Gasteiger partial charge in [-0.25, -0.2) is 4.39 Å². The molecule has 1 N–H and O–H groups in total. The molecule has 0 atom stereocenters. The average Bonchev–Trinajstić information content (AvgIpc) is 2.98. The van der Waals surface area contributed by atoms with E-state index in [4.69, 9.17) is 0 Å². The molecule has 1 heterocycles. The topological polar surface area (TPSA) is 65.3 Å². The van der Waals surface area contributed by atoms with Crippen LogP contribution in [0.5, 0.6) is 5.75 Å². The number of halogens is 1. The molecule has 2 aromatic carbocycles. The molecule has 3 rings (SSSR count). The Kier molecular flexibility index (Phi) is 4.33. The quantitative estimate of drug-likeness (QED) is 0.785. The molecule has 0 unspecified atom stereocenters. The number of hydrogen-bond acceptors (Lipinski definition) is 3. The predicted octanol–water partition coefficient (Wildman–Crippen LogP) is 2.67. The van der Waals surface area contributed by atoms with Crippen LogP contribution >= 0.6 is 0 Å². The SMILES string of the molecule is O=C([O-])CCc1ccc(-c2ccc(F)cc2)n1-c1ccccc1O. The minimum atomic E-state index is -1.14. The van der Waals surface area contributed by atoms with E-state index in [2.05, 4.69) is 0 Å². The number of aliphatic carboxylic acids is 1. The van der Waals surface area contributed by atoms with E-state index in [1.165, 1.54) is 12.1 Å². The summed E-state index contributed by atoms with van der Waals surface area (Å²) in [4.78, 5) is 10.8. The Hall–Kier alpha value is -3.08. The van der Waals surface area contributed by atoms with E-state index in [-0.39, 0.29) is 24.4 Å². The summed E-state index contributed by atoms with van der Waals surface area (Å²) in [5.41, 5.74) is 2.76. The largest absolute Gasteiger partial charge is 0.550 e. The lowest BCUT2D eigenvalue weighted by Crippen LogP contribution is -2.22. The van der Waals surface area contributed by atoms with Crippen molar-refractivity contribution in [2.75, 3.05) is 0 Å². The van der Waals surface area contributed by atoms with Gasteiger partial charge < -0.3 is 19.6 Å². The summed E-state index contributed by atoms with van der Waals surface area (Å²) in [5.74, 6) is -1.40. The van der Waals surface area contributed by atoms with Crippen molar-refractivity contribution < 1.29 is 19.4 Å². The molecule has 1 aromatic heterocycles. The Balaban J connectivity index is 2.14. The van der Waals surface area contributed by atoms with Gasteiger partial charge in [-0.2, -0.15) is 0 Å². The molecule has 0 aliphatic carbocycles. The maximum Gasteiger partial charge on any atom is 0.139 e. The van der Waals surface area contributed by atoms with Crippen LogP contribution in [0.15, 0.2) is 60.7 Å². The van der Waals surface area contributed by atoms with Crippen LogP contribution in [0.4, 0.5) is 4.39 Å². The molecule has 0 radical (unpaired) electrons. The molecule has 0 saturated carbocycles. The maximum atomic E-state index is 13.2. The van der Waals surface area contributed by atoms with E-state index >= 15 is 0 Å². The van der Waals surface area contributed by atoms with Crippen LogP contribution in [0.2, 0.25) is 0 Å². The van der Waals surface area contributed by atoms with Crippen molar-refractivity contribution in [1.82, 2.24) is 4.57 Å². The Labute approximate surface area is 138 Å². The minimum Gasteiger partial charge on any atom is -0.550 e. The third kappa shape index (κ3) is 3.15. The fourth-order valence-corrected chi connectivity index (χ4v) is 2.69. The number of carbonyl (C=O) groups is 1. The Morgan fingerprint density at radius 3 is 2.42 bits per heavy atom. The molecule has 3 aromatic rings. The van der Waals surface area contributed by atoms with E-state index < -0.39 is 5.97 Å².